The smallest absolute Gasteiger partial charge is 0.320 e. The van der Waals surface area contributed by atoms with E-state index in [1.54, 1.807) is 7.11 Å². The van der Waals surface area contributed by atoms with Crippen LogP contribution in [0.5, 0.6) is 5.75 Å². The highest BCUT2D eigenvalue weighted by molar-refractivity contribution is 5.72. The van der Waals surface area contributed by atoms with Crippen molar-refractivity contribution in [1.82, 2.24) is 4.90 Å². The van der Waals surface area contributed by atoms with Gasteiger partial charge in [-0.3, -0.25) is 4.79 Å². The summed E-state index contributed by atoms with van der Waals surface area (Å²) in [5.74, 6) is -0.123. The highest BCUT2D eigenvalue weighted by Crippen LogP contribution is 2.12. The van der Waals surface area contributed by atoms with Crippen molar-refractivity contribution in [3.8, 4) is 5.75 Å². The minimum atomic E-state index is -0.951. The number of ether oxygens (including phenoxy) is 1. The Morgan fingerprint density at radius 3 is 2.56 bits per heavy atom. The predicted molar refractivity (Wildman–Crippen MR) is 69.6 cm³/mol. The molecule has 0 saturated heterocycles. The first-order valence-corrected chi connectivity index (χ1v) is 5.82. The van der Waals surface area contributed by atoms with Crippen molar-refractivity contribution < 1.29 is 14.6 Å². The topological polar surface area (TPSA) is 75.8 Å². The van der Waals surface area contributed by atoms with E-state index in [1.165, 1.54) is 0 Å². The molecule has 0 amide bonds. The molecule has 0 fully saturated rings. The number of hydrogen-bond donors (Lipinski definition) is 2. The lowest BCUT2D eigenvalue weighted by atomic mass is 10.2. The van der Waals surface area contributed by atoms with E-state index in [1.807, 2.05) is 36.2 Å². The summed E-state index contributed by atoms with van der Waals surface area (Å²) in [7, 11) is 3.58. The van der Waals surface area contributed by atoms with Gasteiger partial charge in [0.15, 0.2) is 0 Å². The van der Waals surface area contributed by atoms with Crippen LogP contribution in [0.15, 0.2) is 24.3 Å². The molecule has 0 aromatic heterocycles. The lowest BCUT2D eigenvalue weighted by Crippen LogP contribution is -2.34. The van der Waals surface area contributed by atoms with Gasteiger partial charge in [0, 0.05) is 13.1 Å². The predicted octanol–water partition coefficient (Wildman–Crippen LogP) is 0.929. The van der Waals surface area contributed by atoms with Crippen molar-refractivity contribution in [2.45, 2.75) is 19.0 Å². The van der Waals surface area contributed by atoms with E-state index < -0.39 is 12.0 Å². The molecule has 100 valence electrons. The number of methoxy groups -OCH3 is 1. The van der Waals surface area contributed by atoms with Gasteiger partial charge < -0.3 is 20.5 Å². The van der Waals surface area contributed by atoms with E-state index in [-0.39, 0.29) is 0 Å². The van der Waals surface area contributed by atoms with Gasteiger partial charge in [-0.05, 0) is 31.2 Å². The fourth-order valence-electron chi connectivity index (χ4n) is 1.60. The Morgan fingerprint density at radius 1 is 1.44 bits per heavy atom. The van der Waals surface area contributed by atoms with Gasteiger partial charge in [0.05, 0.1) is 7.11 Å². The van der Waals surface area contributed by atoms with Crippen molar-refractivity contribution in [3.63, 3.8) is 0 Å². The van der Waals surface area contributed by atoms with Crippen LogP contribution in [0.3, 0.4) is 0 Å². The third-order valence-electron chi connectivity index (χ3n) is 2.75. The molecule has 5 heteroatoms. The van der Waals surface area contributed by atoms with Crippen LogP contribution in [0.25, 0.3) is 0 Å². The van der Waals surface area contributed by atoms with E-state index >= 15 is 0 Å². The van der Waals surface area contributed by atoms with Crippen molar-refractivity contribution in [1.29, 1.82) is 0 Å². The molecule has 18 heavy (non-hydrogen) atoms. The number of benzene rings is 1. The normalized spacial score (nSPS) is 12.4. The van der Waals surface area contributed by atoms with E-state index in [2.05, 4.69) is 0 Å². The average molecular weight is 252 g/mol. The average Bonchev–Trinajstić information content (AvgIpc) is 2.36. The minimum absolute atomic E-state index is 0.446. The van der Waals surface area contributed by atoms with Gasteiger partial charge in [-0.15, -0.1) is 0 Å². The maximum Gasteiger partial charge on any atom is 0.320 e. The highest BCUT2D eigenvalue weighted by Gasteiger charge is 2.12. The molecule has 0 radical (unpaired) electrons. The zero-order valence-electron chi connectivity index (χ0n) is 10.8. The molecule has 0 spiro atoms. The van der Waals surface area contributed by atoms with Gasteiger partial charge in [0.25, 0.3) is 0 Å². The number of rotatable bonds is 7. The highest BCUT2D eigenvalue weighted by atomic mass is 16.5. The van der Waals surface area contributed by atoms with Crippen molar-refractivity contribution in [2.24, 2.45) is 5.73 Å². The molecule has 5 nitrogen and oxygen atoms in total. The van der Waals surface area contributed by atoms with Gasteiger partial charge in [-0.1, -0.05) is 12.1 Å². The van der Waals surface area contributed by atoms with Gasteiger partial charge >= 0.3 is 5.97 Å². The number of aliphatic carboxylic acids is 1. The fourth-order valence-corrected chi connectivity index (χ4v) is 1.60. The van der Waals surface area contributed by atoms with Gasteiger partial charge in [-0.2, -0.15) is 0 Å². The van der Waals surface area contributed by atoms with Gasteiger partial charge in [0.1, 0.15) is 11.8 Å². The lowest BCUT2D eigenvalue weighted by molar-refractivity contribution is -0.138. The Hall–Kier alpha value is -1.59. The number of carbonyl (C=O) groups is 1. The van der Waals surface area contributed by atoms with Gasteiger partial charge in [-0.25, -0.2) is 0 Å². The molecule has 0 aliphatic heterocycles. The minimum Gasteiger partial charge on any atom is -0.497 e. The Bertz CT molecular complexity index is 378. The van der Waals surface area contributed by atoms with E-state index in [0.29, 0.717) is 13.0 Å². The van der Waals surface area contributed by atoms with Crippen LogP contribution in [0.2, 0.25) is 0 Å². The molecular formula is C13H20N2O3. The second-order valence-electron chi connectivity index (χ2n) is 4.32. The quantitative estimate of drug-likeness (QED) is 0.755. The molecule has 1 unspecified atom stereocenters. The van der Waals surface area contributed by atoms with E-state index in [4.69, 9.17) is 15.6 Å². The van der Waals surface area contributed by atoms with E-state index in [9.17, 15) is 4.79 Å². The van der Waals surface area contributed by atoms with Crippen molar-refractivity contribution >= 4 is 5.97 Å². The molecule has 0 aliphatic rings. The SMILES string of the molecule is COc1ccc(CN(C)CCC(N)C(=O)O)cc1. The monoisotopic (exact) mass is 252 g/mol. The molecule has 1 aromatic carbocycles. The first kappa shape index (κ1) is 14.5. The Labute approximate surface area is 107 Å². The van der Waals surface area contributed by atoms with Gasteiger partial charge in [0.2, 0.25) is 0 Å². The zero-order valence-corrected chi connectivity index (χ0v) is 10.8. The number of carboxylic acids is 1. The molecular weight excluding hydrogens is 232 g/mol. The van der Waals surface area contributed by atoms with Crippen LogP contribution in [0, 0.1) is 0 Å². The van der Waals surface area contributed by atoms with Crippen molar-refractivity contribution in [3.05, 3.63) is 29.8 Å². The van der Waals surface area contributed by atoms with Crippen LogP contribution < -0.4 is 10.5 Å². The summed E-state index contributed by atoms with van der Waals surface area (Å²) >= 11 is 0. The summed E-state index contributed by atoms with van der Waals surface area (Å²) in [6, 6.07) is 7.01. The molecule has 0 saturated carbocycles. The fraction of sp³-hybridized carbons (Fsp3) is 0.462. The summed E-state index contributed by atoms with van der Waals surface area (Å²) < 4.78 is 5.08. The van der Waals surface area contributed by atoms with Crippen LogP contribution in [0.4, 0.5) is 0 Å². The van der Waals surface area contributed by atoms with E-state index in [0.717, 1.165) is 17.9 Å². The molecule has 1 rings (SSSR count). The third kappa shape index (κ3) is 4.73. The van der Waals surface area contributed by atoms with Crippen LogP contribution in [-0.4, -0.2) is 42.7 Å². The number of nitrogens with zero attached hydrogens (tertiary/aromatic N) is 1. The molecule has 3 N–H and O–H groups in total. The first-order valence-electron chi connectivity index (χ1n) is 5.82. The molecule has 0 bridgehead atoms. The second-order valence-corrected chi connectivity index (χ2v) is 4.32. The molecule has 0 heterocycles. The number of hydrogen-bond acceptors (Lipinski definition) is 4. The maximum atomic E-state index is 10.6. The Kier molecular flexibility index (Phi) is 5.61. The number of nitrogens with two attached hydrogens (primary N) is 1. The third-order valence-corrected chi connectivity index (χ3v) is 2.75. The molecule has 0 aliphatic carbocycles. The Balaban J connectivity index is 2.39. The number of carboxylic acid groups (broad SMARTS) is 1. The first-order chi connectivity index (χ1) is 8.52. The summed E-state index contributed by atoms with van der Waals surface area (Å²) in [5, 5.41) is 8.68. The Morgan fingerprint density at radius 2 is 2.06 bits per heavy atom. The summed E-state index contributed by atoms with van der Waals surface area (Å²) in [6.45, 7) is 1.41. The maximum absolute atomic E-state index is 10.6. The largest absolute Gasteiger partial charge is 0.497 e. The summed E-state index contributed by atoms with van der Waals surface area (Å²) in [5.41, 5.74) is 6.61. The van der Waals surface area contributed by atoms with Crippen LogP contribution >= 0.6 is 0 Å². The van der Waals surface area contributed by atoms with Crippen LogP contribution in [0.1, 0.15) is 12.0 Å². The van der Waals surface area contributed by atoms with Crippen LogP contribution in [-0.2, 0) is 11.3 Å². The summed E-state index contributed by atoms with van der Waals surface area (Å²) in [6.07, 6.45) is 0.446. The van der Waals surface area contributed by atoms with Crippen molar-refractivity contribution in [2.75, 3.05) is 20.7 Å². The second kappa shape index (κ2) is 6.98. The zero-order chi connectivity index (χ0) is 13.5. The lowest BCUT2D eigenvalue weighted by Gasteiger charge is -2.18. The molecule has 1 aromatic rings. The molecule has 1 atom stereocenters. The summed E-state index contributed by atoms with van der Waals surface area (Å²) in [4.78, 5) is 12.6. The standard InChI is InChI=1S/C13H20N2O3/c1-15(8-7-12(14)13(16)17)9-10-3-5-11(18-2)6-4-10/h3-6,12H,7-9,14H2,1-2H3,(H,16,17).